The van der Waals surface area contributed by atoms with Gasteiger partial charge in [0.15, 0.2) is 5.84 Å². The van der Waals surface area contributed by atoms with Gasteiger partial charge in [0.1, 0.15) is 5.75 Å². The van der Waals surface area contributed by atoms with Crippen molar-refractivity contribution in [3.05, 3.63) is 28.2 Å². The number of nitrogens with zero attached hydrogens (tertiary/aromatic N) is 1. The first-order chi connectivity index (χ1) is 7.20. The van der Waals surface area contributed by atoms with Crippen molar-refractivity contribution in [2.24, 2.45) is 10.9 Å². The minimum absolute atomic E-state index is 0.0357. The minimum Gasteiger partial charge on any atom is -0.493 e. The molecule has 0 radical (unpaired) electrons. The maximum Gasteiger partial charge on any atom is 0.174 e. The third-order valence-corrected chi connectivity index (χ3v) is 2.46. The molecule has 0 aliphatic rings. The minimum atomic E-state index is 0.0357. The number of nitrogens with two attached hydrogens (primary N) is 1. The van der Waals surface area contributed by atoms with Crippen molar-refractivity contribution in [3.63, 3.8) is 0 Å². The highest BCUT2D eigenvalue weighted by Crippen LogP contribution is 2.26. The lowest BCUT2D eigenvalue weighted by atomic mass is 10.2. The van der Waals surface area contributed by atoms with Gasteiger partial charge in [-0.25, -0.2) is 0 Å². The third kappa shape index (κ3) is 2.86. The van der Waals surface area contributed by atoms with Gasteiger partial charge in [-0.05, 0) is 34.5 Å². The molecule has 0 aliphatic heterocycles. The molecule has 1 aromatic rings. The van der Waals surface area contributed by atoms with Gasteiger partial charge < -0.3 is 15.7 Å². The van der Waals surface area contributed by atoms with Gasteiger partial charge in [-0.1, -0.05) is 18.1 Å². The SMILES string of the molecule is CCCOc1cccc(Br)c1/C(N)=N/O. The van der Waals surface area contributed by atoms with Crippen molar-refractivity contribution >= 4 is 21.8 Å². The van der Waals surface area contributed by atoms with Crippen LogP contribution in [-0.2, 0) is 0 Å². The molecule has 0 saturated heterocycles. The Bertz CT molecular complexity index is 366. The van der Waals surface area contributed by atoms with E-state index < -0.39 is 0 Å². The molecular formula is C10H13BrN2O2. The zero-order chi connectivity index (χ0) is 11.3. The van der Waals surface area contributed by atoms with Crippen molar-refractivity contribution in [1.29, 1.82) is 0 Å². The number of hydrogen-bond donors (Lipinski definition) is 2. The normalized spacial score (nSPS) is 11.5. The molecule has 0 amide bonds. The van der Waals surface area contributed by atoms with Crippen LogP contribution < -0.4 is 10.5 Å². The standard InChI is InChI=1S/C10H13BrN2O2/c1-2-6-15-8-5-3-4-7(11)9(8)10(12)13-14/h3-5,14H,2,6H2,1H3,(H2,12,13). The second-order valence-corrected chi connectivity index (χ2v) is 3.80. The molecule has 15 heavy (non-hydrogen) atoms. The van der Waals surface area contributed by atoms with Gasteiger partial charge in [0.2, 0.25) is 0 Å². The van der Waals surface area contributed by atoms with Crippen LogP contribution in [0.15, 0.2) is 27.8 Å². The zero-order valence-electron chi connectivity index (χ0n) is 8.40. The van der Waals surface area contributed by atoms with Crippen LogP contribution in [0.5, 0.6) is 5.75 Å². The zero-order valence-corrected chi connectivity index (χ0v) is 9.99. The number of benzene rings is 1. The molecule has 0 bridgehead atoms. The lowest BCUT2D eigenvalue weighted by Gasteiger charge is -2.11. The molecule has 0 spiro atoms. The monoisotopic (exact) mass is 272 g/mol. The second-order valence-electron chi connectivity index (χ2n) is 2.95. The van der Waals surface area contributed by atoms with E-state index in [0.717, 1.165) is 10.9 Å². The highest BCUT2D eigenvalue weighted by Gasteiger charge is 2.11. The maximum absolute atomic E-state index is 8.65. The topological polar surface area (TPSA) is 67.8 Å². The molecule has 0 unspecified atom stereocenters. The van der Waals surface area contributed by atoms with Gasteiger partial charge >= 0.3 is 0 Å². The summed E-state index contributed by atoms with van der Waals surface area (Å²) in [5.41, 5.74) is 6.13. The molecule has 4 nitrogen and oxygen atoms in total. The molecule has 0 atom stereocenters. The average Bonchev–Trinajstić information content (AvgIpc) is 2.25. The first-order valence-corrected chi connectivity index (χ1v) is 5.39. The van der Waals surface area contributed by atoms with E-state index in [2.05, 4.69) is 21.1 Å². The van der Waals surface area contributed by atoms with E-state index in [1.165, 1.54) is 0 Å². The Labute approximate surface area is 96.9 Å². The van der Waals surface area contributed by atoms with Crippen molar-refractivity contribution in [2.45, 2.75) is 13.3 Å². The number of rotatable bonds is 4. The van der Waals surface area contributed by atoms with Gasteiger partial charge in [-0.2, -0.15) is 0 Å². The first kappa shape index (κ1) is 11.8. The van der Waals surface area contributed by atoms with E-state index in [4.69, 9.17) is 15.7 Å². The Balaban J connectivity index is 3.09. The number of halogens is 1. The molecule has 1 rings (SSSR count). The van der Waals surface area contributed by atoms with E-state index in [9.17, 15) is 0 Å². The first-order valence-electron chi connectivity index (χ1n) is 4.60. The molecule has 0 heterocycles. The van der Waals surface area contributed by atoms with Gasteiger partial charge in [-0.15, -0.1) is 0 Å². The van der Waals surface area contributed by atoms with Crippen LogP contribution in [0.1, 0.15) is 18.9 Å². The molecule has 1 aromatic carbocycles. The molecule has 0 fully saturated rings. The van der Waals surface area contributed by atoms with Gasteiger partial charge in [0, 0.05) is 4.47 Å². The molecule has 0 aliphatic carbocycles. The van der Waals surface area contributed by atoms with Crippen molar-refractivity contribution in [3.8, 4) is 5.75 Å². The van der Waals surface area contributed by atoms with Crippen LogP contribution in [0.2, 0.25) is 0 Å². The summed E-state index contributed by atoms with van der Waals surface area (Å²) in [7, 11) is 0. The van der Waals surface area contributed by atoms with Gasteiger partial charge in [0.05, 0.1) is 12.2 Å². The molecule has 0 saturated carbocycles. The Kier molecular flexibility index (Phi) is 4.42. The Hall–Kier alpha value is -1.23. The number of oxime groups is 1. The number of hydrogen-bond acceptors (Lipinski definition) is 3. The quantitative estimate of drug-likeness (QED) is 0.383. The predicted octanol–water partition coefficient (Wildman–Crippen LogP) is 2.33. The summed E-state index contributed by atoms with van der Waals surface area (Å²) < 4.78 is 6.23. The summed E-state index contributed by atoms with van der Waals surface area (Å²) >= 11 is 3.33. The van der Waals surface area contributed by atoms with Crippen LogP contribution in [0.25, 0.3) is 0 Å². The summed E-state index contributed by atoms with van der Waals surface area (Å²) in [6, 6.07) is 5.43. The highest BCUT2D eigenvalue weighted by molar-refractivity contribution is 9.10. The summed E-state index contributed by atoms with van der Waals surface area (Å²) in [6.45, 7) is 2.61. The molecule has 82 valence electrons. The molecule has 0 aromatic heterocycles. The van der Waals surface area contributed by atoms with E-state index >= 15 is 0 Å². The number of ether oxygens (including phenoxy) is 1. The smallest absolute Gasteiger partial charge is 0.174 e. The second kappa shape index (κ2) is 5.60. The Morgan fingerprint density at radius 3 is 2.93 bits per heavy atom. The number of amidine groups is 1. The predicted molar refractivity (Wildman–Crippen MR) is 62.4 cm³/mol. The lowest BCUT2D eigenvalue weighted by molar-refractivity contribution is 0.311. The Morgan fingerprint density at radius 2 is 2.33 bits per heavy atom. The lowest BCUT2D eigenvalue weighted by Crippen LogP contribution is -2.15. The molecule has 3 N–H and O–H groups in total. The fourth-order valence-electron chi connectivity index (χ4n) is 1.14. The van der Waals surface area contributed by atoms with E-state index in [1.54, 1.807) is 6.07 Å². The third-order valence-electron chi connectivity index (χ3n) is 1.80. The Morgan fingerprint density at radius 1 is 1.60 bits per heavy atom. The van der Waals surface area contributed by atoms with Crippen LogP contribution in [0, 0.1) is 0 Å². The van der Waals surface area contributed by atoms with Crippen LogP contribution in [0.3, 0.4) is 0 Å². The molecular weight excluding hydrogens is 260 g/mol. The average molecular weight is 273 g/mol. The fraction of sp³-hybridized carbons (Fsp3) is 0.300. The van der Waals surface area contributed by atoms with Crippen LogP contribution in [-0.4, -0.2) is 17.6 Å². The van der Waals surface area contributed by atoms with Crippen molar-refractivity contribution in [2.75, 3.05) is 6.61 Å². The molecule has 5 heteroatoms. The highest BCUT2D eigenvalue weighted by atomic mass is 79.9. The summed E-state index contributed by atoms with van der Waals surface area (Å²) in [6.07, 6.45) is 0.905. The van der Waals surface area contributed by atoms with E-state index in [1.807, 2.05) is 19.1 Å². The summed E-state index contributed by atoms with van der Waals surface area (Å²) in [4.78, 5) is 0. The van der Waals surface area contributed by atoms with Crippen molar-refractivity contribution in [1.82, 2.24) is 0 Å². The summed E-state index contributed by atoms with van der Waals surface area (Å²) in [5.74, 6) is 0.648. The summed E-state index contributed by atoms with van der Waals surface area (Å²) in [5, 5.41) is 11.6. The van der Waals surface area contributed by atoms with E-state index in [-0.39, 0.29) is 5.84 Å². The van der Waals surface area contributed by atoms with E-state index in [0.29, 0.717) is 17.9 Å². The largest absolute Gasteiger partial charge is 0.493 e. The van der Waals surface area contributed by atoms with Gasteiger partial charge in [0.25, 0.3) is 0 Å². The van der Waals surface area contributed by atoms with Crippen molar-refractivity contribution < 1.29 is 9.94 Å². The van der Waals surface area contributed by atoms with Gasteiger partial charge in [-0.3, -0.25) is 0 Å². The maximum atomic E-state index is 8.65. The van der Waals surface area contributed by atoms with Crippen LogP contribution in [0.4, 0.5) is 0 Å². The fourth-order valence-corrected chi connectivity index (χ4v) is 1.69. The van der Waals surface area contributed by atoms with Crippen LogP contribution >= 0.6 is 15.9 Å².